The molecule has 0 spiro atoms. The predicted octanol–water partition coefficient (Wildman–Crippen LogP) is 0.599. The maximum atomic E-state index is 12.4. The van der Waals surface area contributed by atoms with E-state index in [0.717, 1.165) is 17.4 Å². The number of nitrogens with zero attached hydrogens (tertiary/aromatic N) is 1. The summed E-state index contributed by atoms with van der Waals surface area (Å²) in [6.07, 6.45) is 0. The molecule has 0 saturated carbocycles. The molecule has 0 fully saturated rings. The molecule has 10 heteroatoms. The molecule has 0 unspecified atom stereocenters. The second kappa shape index (κ2) is 7.46. The second-order valence-corrected chi connectivity index (χ2v) is 4.38. The van der Waals surface area contributed by atoms with Gasteiger partial charge in [0.05, 0.1) is 5.69 Å². The Morgan fingerprint density at radius 3 is 2.29 bits per heavy atom. The molecule has 2 N–H and O–H groups in total. The molecule has 0 aliphatic carbocycles. The van der Waals surface area contributed by atoms with Gasteiger partial charge in [0.2, 0.25) is 0 Å². The van der Waals surface area contributed by atoms with Crippen LogP contribution in [0.5, 0.6) is 11.5 Å². The topological polar surface area (TPSA) is 57.4 Å². The summed E-state index contributed by atoms with van der Waals surface area (Å²) in [6.45, 7) is -6.17. The van der Waals surface area contributed by atoms with E-state index in [1.807, 2.05) is 0 Å². The molecule has 4 nitrogen and oxygen atoms in total. The van der Waals surface area contributed by atoms with Crippen molar-refractivity contribution in [3.8, 4) is 22.8 Å². The average molecular weight is 388 g/mol. The third kappa shape index (κ3) is 4.74. The van der Waals surface area contributed by atoms with E-state index in [0.29, 0.717) is 5.69 Å². The molecule has 0 radical (unpaired) electrons. The molecule has 0 saturated heterocycles. The number of rotatable bonds is 5. The van der Waals surface area contributed by atoms with Gasteiger partial charge in [-0.15, -0.1) is 11.3 Å². The van der Waals surface area contributed by atoms with E-state index in [-0.39, 0.29) is 39.2 Å². The third-order valence-corrected chi connectivity index (χ3v) is 2.87. The summed E-state index contributed by atoms with van der Waals surface area (Å²) >= 11 is 1.11. The van der Waals surface area contributed by atoms with Gasteiger partial charge < -0.3 is 32.2 Å². The quantitative estimate of drug-likeness (QED) is 0.763. The fourth-order valence-corrected chi connectivity index (χ4v) is 2.06. The van der Waals surface area contributed by atoms with Crippen molar-refractivity contribution < 1.29 is 44.0 Å². The number of nitrogens with two attached hydrogens (primary N) is 1. The van der Waals surface area contributed by atoms with Crippen LogP contribution in [-0.2, 0) is 0 Å². The minimum atomic E-state index is -3.11. The van der Waals surface area contributed by atoms with Gasteiger partial charge in [0.1, 0.15) is 11.5 Å². The first-order valence-electron chi connectivity index (χ1n) is 5.20. The monoisotopic (exact) mass is 387 g/mol. The number of halogens is 5. The van der Waals surface area contributed by atoms with Gasteiger partial charge >= 0.3 is 13.2 Å². The van der Waals surface area contributed by atoms with Crippen molar-refractivity contribution in [2.45, 2.75) is 13.2 Å². The van der Waals surface area contributed by atoms with Gasteiger partial charge in [-0.1, -0.05) is 0 Å². The van der Waals surface area contributed by atoms with Crippen molar-refractivity contribution in [2.75, 3.05) is 5.73 Å². The molecular weight excluding hydrogens is 380 g/mol. The van der Waals surface area contributed by atoms with Crippen LogP contribution >= 0.6 is 11.3 Å². The molecule has 0 aliphatic heterocycles. The number of hydrogen-bond acceptors (Lipinski definition) is 5. The normalized spacial score (nSPS) is 10.6. The molecule has 0 bridgehead atoms. The van der Waals surface area contributed by atoms with Crippen LogP contribution < -0.4 is 32.2 Å². The number of thiazole rings is 1. The van der Waals surface area contributed by atoms with Crippen LogP contribution in [0.3, 0.4) is 0 Å². The zero-order chi connectivity index (χ0) is 14.7. The first-order chi connectivity index (χ1) is 9.45. The van der Waals surface area contributed by atoms with Crippen molar-refractivity contribution in [2.24, 2.45) is 0 Å². The smallest absolute Gasteiger partial charge is 0.387 e. The zero-order valence-corrected chi connectivity index (χ0v) is 12.5. The largest absolute Gasteiger partial charge is 1.00 e. The molecule has 1 heterocycles. The van der Waals surface area contributed by atoms with Crippen molar-refractivity contribution in [3.63, 3.8) is 0 Å². The van der Waals surface area contributed by atoms with E-state index in [1.54, 1.807) is 0 Å². The molecule has 0 amide bonds. The summed E-state index contributed by atoms with van der Waals surface area (Å²) < 4.78 is 57.4. The number of ether oxygens (including phenoxy) is 2. The van der Waals surface area contributed by atoms with Crippen LogP contribution in [-0.4, -0.2) is 18.2 Å². The standard InChI is InChI=1S/C11H8F4N2O2S.BrH/c12-9(13)18-5-1-2-6(7-4-20-11(16)17-7)8(3-5)19-10(14)15;/h1-4,9-10H,(H2,16,17);1H/p-1. The number of anilines is 1. The fraction of sp³-hybridized carbons (Fsp3) is 0.182. The van der Waals surface area contributed by atoms with Crippen LogP contribution in [0.15, 0.2) is 23.6 Å². The van der Waals surface area contributed by atoms with Crippen molar-refractivity contribution >= 4 is 16.5 Å². The van der Waals surface area contributed by atoms with E-state index in [4.69, 9.17) is 5.73 Å². The third-order valence-electron chi connectivity index (χ3n) is 2.19. The van der Waals surface area contributed by atoms with Gasteiger partial charge in [-0.25, -0.2) is 4.98 Å². The number of aromatic nitrogens is 1. The Hall–Kier alpha value is -1.55. The number of benzene rings is 1. The average Bonchev–Trinajstić information content (AvgIpc) is 2.74. The van der Waals surface area contributed by atoms with Crippen LogP contribution in [0.25, 0.3) is 11.3 Å². The summed E-state index contributed by atoms with van der Waals surface area (Å²) in [7, 11) is 0. The SMILES string of the molecule is Nc1nc(-c2ccc(OC(F)F)cc2OC(F)F)cs1.[Br-]. The maximum absolute atomic E-state index is 12.4. The van der Waals surface area contributed by atoms with E-state index >= 15 is 0 Å². The maximum Gasteiger partial charge on any atom is 0.387 e. The molecule has 2 rings (SSSR count). The van der Waals surface area contributed by atoms with Crippen molar-refractivity contribution in [1.29, 1.82) is 0 Å². The molecule has 0 aliphatic rings. The van der Waals surface area contributed by atoms with Gasteiger partial charge in [-0.05, 0) is 12.1 Å². The lowest BCUT2D eigenvalue weighted by molar-refractivity contribution is -0.0540. The molecule has 2 aromatic rings. The Kier molecular flexibility index (Phi) is 6.21. The van der Waals surface area contributed by atoms with E-state index < -0.39 is 13.2 Å². The lowest BCUT2D eigenvalue weighted by Crippen LogP contribution is -3.00. The first kappa shape index (κ1) is 17.5. The van der Waals surface area contributed by atoms with Crippen LogP contribution in [0, 0.1) is 0 Å². The molecular formula is C11H8BrF4N2O2S-. The summed E-state index contributed by atoms with van der Waals surface area (Å²) in [5, 5.41) is 1.78. The molecule has 116 valence electrons. The predicted molar refractivity (Wildman–Crippen MR) is 65.2 cm³/mol. The Labute approximate surface area is 131 Å². The molecule has 1 aromatic carbocycles. The first-order valence-corrected chi connectivity index (χ1v) is 6.08. The summed E-state index contributed by atoms with van der Waals surface area (Å²) in [5.74, 6) is -0.606. The Balaban J connectivity index is 0.00000220. The van der Waals surface area contributed by atoms with Crippen LogP contribution in [0.2, 0.25) is 0 Å². The van der Waals surface area contributed by atoms with Crippen molar-refractivity contribution in [3.05, 3.63) is 23.6 Å². The highest BCUT2D eigenvalue weighted by atomic mass is 79.9. The van der Waals surface area contributed by atoms with Crippen LogP contribution in [0.4, 0.5) is 22.7 Å². The van der Waals surface area contributed by atoms with Gasteiger partial charge in [0.25, 0.3) is 0 Å². The lowest BCUT2D eigenvalue weighted by atomic mass is 10.1. The Morgan fingerprint density at radius 1 is 1.10 bits per heavy atom. The highest BCUT2D eigenvalue weighted by Gasteiger charge is 2.16. The molecule has 21 heavy (non-hydrogen) atoms. The van der Waals surface area contributed by atoms with E-state index in [9.17, 15) is 17.6 Å². The van der Waals surface area contributed by atoms with Crippen LogP contribution in [0.1, 0.15) is 0 Å². The second-order valence-electron chi connectivity index (χ2n) is 3.49. The van der Waals surface area contributed by atoms with E-state index in [1.165, 1.54) is 17.5 Å². The highest BCUT2D eigenvalue weighted by molar-refractivity contribution is 7.13. The van der Waals surface area contributed by atoms with E-state index in [2.05, 4.69) is 14.5 Å². The Morgan fingerprint density at radius 2 is 1.76 bits per heavy atom. The minimum Gasteiger partial charge on any atom is -1.00 e. The van der Waals surface area contributed by atoms with Gasteiger partial charge in [-0.3, -0.25) is 0 Å². The zero-order valence-electron chi connectivity index (χ0n) is 10.1. The fourth-order valence-electron chi connectivity index (χ4n) is 1.50. The summed E-state index contributed by atoms with van der Waals surface area (Å²) in [6, 6.07) is 3.45. The summed E-state index contributed by atoms with van der Waals surface area (Å²) in [5.41, 5.74) is 5.98. The number of hydrogen-bond donors (Lipinski definition) is 1. The van der Waals surface area contributed by atoms with Gasteiger partial charge in [-0.2, -0.15) is 17.6 Å². The minimum absolute atomic E-state index is 0. The summed E-state index contributed by atoms with van der Waals surface area (Å²) in [4.78, 5) is 3.92. The Bertz CT molecular complexity index is 597. The number of alkyl halides is 4. The van der Waals surface area contributed by atoms with Gasteiger partial charge in [0, 0.05) is 17.0 Å². The molecule has 0 atom stereocenters. The van der Waals surface area contributed by atoms with Crippen molar-refractivity contribution in [1.82, 2.24) is 4.98 Å². The van der Waals surface area contributed by atoms with Gasteiger partial charge in [0.15, 0.2) is 5.13 Å². The lowest BCUT2D eigenvalue weighted by Gasteiger charge is -2.11. The number of nitrogen functional groups attached to an aromatic ring is 1. The highest BCUT2D eigenvalue weighted by Crippen LogP contribution is 2.35. The molecule has 1 aromatic heterocycles.